The fourth-order valence-corrected chi connectivity index (χ4v) is 2.68. The largest absolute Gasteiger partial charge is 0.484 e. The molecule has 2 amide bonds. The fourth-order valence-electron chi connectivity index (χ4n) is 2.36. The van der Waals surface area contributed by atoms with E-state index >= 15 is 0 Å². The summed E-state index contributed by atoms with van der Waals surface area (Å²) in [6, 6.07) is 13.2. The van der Waals surface area contributed by atoms with Crippen LogP contribution in [0.2, 0.25) is 10.0 Å². The average molecular weight is 395 g/mol. The number of amides is 2. The van der Waals surface area contributed by atoms with E-state index in [9.17, 15) is 9.59 Å². The normalized spacial score (nSPS) is 11.5. The molecule has 0 aromatic heterocycles. The Balaban J connectivity index is 2.13. The van der Waals surface area contributed by atoms with Crippen LogP contribution in [0, 0.1) is 0 Å². The van der Waals surface area contributed by atoms with Gasteiger partial charge in [-0.2, -0.15) is 0 Å². The molecule has 1 N–H and O–H groups in total. The summed E-state index contributed by atoms with van der Waals surface area (Å²) in [5.41, 5.74) is 0.754. The molecule has 0 aliphatic heterocycles. The Hall–Kier alpha value is -2.24. The van der Waals surface area contributed by atoms with Crippen molar-refractivity contribution in [3.8, 4) is 5.75 Å². The van der Waals surface area contributed by atoms with Crippen LogP contribution in [0.25, 0.3) is 0 Å². The molecule has 0 fully saturated rings. The highest BCUT2D eigenvalue weighted by atomic mass is 35.5. The standard InChI is InChI=1S/C19H20Cl2N2O3/c1-13(19(25)22-2)23(11-14-5-3-4-6-17(14)21)18(24)12-26-16-9-7-15(20)8-10-16/h3-10,13H,11-12H2,1-2H3,(H,22,25). The summed E-state index contributed by atoms with van der Waals surface area (Å²) in [6.07, 6.45) is 0. The smallest absolute Gasteiger partial charge is 0.261 e. The molecule has 7 heteroatoms. The van der Waals surface area contributed by atoms with E-state index in [2.05, 4.69) is 5.32 Å². The third kappa shape index (κ3) is 5.38. The highest BCUT2D eigenvalue weighted by Crippen LogP contribution is 2.19. The summed E-state index contributed by atoms with van der Waals surface area (Å²) in [6.45, 7) is 1.67. The van der Waals surface area contributed by atoms with Gasteiger partial charge in [0.25, 0.3) is 5.91 Å². The number of carbonyl (C=O) groups excluding carboxylic acids is 2. The molecule has 2 rings (SSSR count). The highest BCUT2D eigenvalue weighted by Gasteiger charge is 2.26. The summed E-state index contributed by atoms with van der Waals surface area (Å²) >= 11 is 12.0. The van der Waals surface area contributed by atoms with Gasteiger partial charge in [-0.3, -0.25) is 9.59 Å². The Labute approximate surface area is 162 Å². The van der Waals surface area contributed by atoms with E-state index in [4.69, 9.17) is 27.9 Å². The molecule has 26 heavy (non-hydrogen) atoms. The molecule has 2 aromatic carbocycles. The monoisotopic (exact) mass is 394 g/mol. The summed E-state index contributed by atoms with van der Waals surface area (Å²) in [5, 5.41) is 3.68. The van der Waals surface area contributed by atoms with E-state index in [0.717, 1.165) is 5.56 Å². The van der Waals surface area contributed by atoms with Crippen LogP contribution in [0.4, 0.5) is 0 Å². The van der Waals surface area contributed by atoms with Crippen molar-refractivity contribution >= 4 is 35.0 Å². The van der Waals surface area contributed by atoms with Crippen LogP contribution in [0.15, 0.2) is 48.5 Å². The summed E-state index contributed by atoms with van der Waals surface area (Å²) in [4.78, 5) is 26.2. The lowest BCUT2D eigenvalue weighted by atomic mass is 10.1. The fraction of sp³-hybridized carbons (Fsp3) is 0.263. The first-order valence-electron chi connectivity index (χ1n) is 8.05. The maximum Gasteiger partial charge on any atom is 0.261 e. The molecule has 0 radical (unpaired) electrons. The lowest BCUT2D eigenvalue weighted by molar-refractivity contribution is -0.142. The first-order chi connectivity index (χ1) is 12.4. The van der Waals surface area contributed by atoms with E-state index < -0.39 is 6.04 Å². The minimum atomic E-state index is -0.669. The van der Waals surface area contributed by atoms with Gasteiger partial charge in [0.05, 0.1) is 0 Å². The van der Waals surface area contributed by atoms with Gasteiger partial charge in [0, 0.05) is 23.6 Å². The van der Waals surface area contributed by atoms with E-state index in [1.54, 1.807) is 37.3 Å². The zero-order chi connectivity index (χ0) is 19.1. The second-order valence-corrected chi connectivity index (χ2v) is 6.49. The van der Waals surface area contributed by atoms with Crippen LogP contribution in [0.3, 0.4) is 0 Å². The lowest BCUT2D eigenvalue weighted by Gasteiger charge is -2.28. The summed E-state index contributed by atoms with van der Waals surface area (Å²) in [5.74, 6) is -0.0686. The minimum Gasteiger partial charge on any atom is -0.484 e. The Morgan fingerprint density at radius 1 is 1.12 bits per heavy atom. The van der Waals surface area contributed by atoms with Gasteiger partial charge in [-0.15, -0.1) is 0 Å². The highest BCUT2D eigenvalue weighted by molar-refractivity contribution is 6.31. The molecular weight excluding hydrogens is 375 g/mol. The van der Waals surface area contributed by atoms with Gasteiger partial charge in [-0.25, -0.2) is 0 Å². The zero-order valence-corrected chi connectivity index (χ0v) is 16.1. The molecule has 0 aliphatic carbocycles. The van der Waals surface area contributed by atoms with Gasteiger partial charge < -0.3 is 15.0 Å². The quantitative estimate of drug-likeness (QED) is 0.780. The van der Waals surface area contributed by atoms with E-state index in [-0.39, 0.29) is 25.0 Å². The molecule has 138 valence electrons. The molecule has 5 nitrogen and oxygen atoms in total. The molecule has 0 heterocycles. The van der Waals surface area contributed by atoms with Crippen LogP contribution in [0.1, 0.15) is 12.5 Å². The number of hydrogen-bond donors (Lipinski definition) is 1. The van der Waals surface area contributed by atoms with Crippen molar-refractivity contribution in [2.75, 3.05) is 13.7 Å². The van der Waals surface area contributed by atoms with Gasteiger partial charge >= 0.3 is 0 Å². The first kappa shape index (κ1) is 20.1. The Morgan fingerprint density at radius 2 is 1.77 bits per heavy atom. The second-order valence-electron chi connectivity index (χ2n) is 5.65. The van der Waals surface area contributed by atoms with Gasteiger partial charge in [-0.05, 0) is 42.8 Å². The Bertz CT molecular complexity index is 766. The van der Waals surface area contributed by atoms with Crippen LogP contribution < -0.4 is 10.1 Å². The molecule has 0 saturated heterocycles. The molecule has 1 unspecified atom stereocenters. The van der Waals surface area contributed by atoms with Crippen molar-refractivity contribution in [2.24, 2.45) is 0 Å². The van der Waals surface area contributed by atoms with Gasteiger partial charge in [-0.1, -0.05) is 41.4 Å². The minimum absolute atomic E-state index is 0.201. The number of carbonyl (C=O) groups is 2. The molecule has 0 bridgehead atoms. The molecule has 0 aliphatic rings. The Morgan fingerprint density at radius 3 is 2.38 bits per heavy atom. The number of halogens is 2. The third-order valence-electron chi connectivity index (χ3n) is 3.89. The molecule has 0 saturated carbocycles. The molecule has 1 atom stereocenters. The molecule has 2 aromatic rings. The number of hydrogen-bond acceptors (Lipinski definition) is 3. The Kier molecular flexibility index (Phi) is 7.30. The van der Waals surface area contributed by atoms with Crippen molar-refractivity contribution in [3.63, 3.8) is 0 Å². The maximum atomic E-state index is 12.7. The van der Waals surface area contributed by atoms with Crippen molar-refractivity contribution in [3.05, 3.63) is 64.1 Å². The lowest BCUT2D eigenvalue weighted by Crippen LogP contribution is -2.48. The number of likely N-dealkylation sites (N-methyl/N-ethyl adjacent to an activating group) is 1. The number of nitrogens with one attached hydrogen (secondary N) is 1. The number of benzene rings is 2. The van der Waals surface area contributed by atoms with Crippen molar-refractivity contribution in [1.82, 2.24) is 10.2 Å². The van der Waals surface area contributed by atoms with E-state index in [1.165, 1.54) is 11.9 Å². The van der Waals surface area contributed by atoms with Gasteiger partial charge in [0.1, 0.15) is 11.8 Å². The van der Waals surface area contributed by atoms with Crippen molar-refractivity contribution in [2.45, 2.75) is 19.5 Å². The van der Waals surface area contributed by atoms with Gasteiger partial charge in [0.15, 0.2) is 6.61 Å². The second kappa shape index (κ2) is 9.46. The molecular formula is C19H20Cl2N2O3. The SMILES string of the molecule is CNC(=O)C(C)N(Cc1ccccc1Cl)C(=O)COc1ccc(Cl)cc1. The first-order valence-corrected chi connectivity index (χ1v) is 8.80. The predicted molar refractivity (Wildman–Crippen MR) is 102 cm³/mol. The number of rotatable bonds is 7. The van der Waals surface area contributed by atoms with Crippen LogP contribution in [0.5, 0.6) is 5.75 Å². The maximum absolute atomic E-state index is 12.7. The number of ether oxygens (including phenoxy) is 1. The zero-order valence-electron chi connectivity index (χ0n) is 14.5. The third-order valence-corrected chi connectivity index (χ3v) is 4.51. The number of nitrogens with zero attached hydrogens (tertiary/aromatic N) is 1. The topological polar surface area (TPSA) is 58.6 Å². The molecule has 0 spiro atoms. The summed E-state index contributed by atoms with van der Waals surface area (Å²) < 4.78 is 5.52. The van der Waals surface area contributed by atoms with Crippen LogP contribution in [-0.2, 0) is 16.1 Å². The van der Waals surface area contributed by atoms with Crippen LogP contribution >= 0.6 is 23.2 Å². The van der Waals surface area contributed by atoms with E-state index in [0.29, 0.717) is 15.8 Å². The van der Waals surface area contributed by atoms with Crippen molar-refractivity contribution in [1.29, 1.82) is 0 Å². The van der Waals surface area contributed by atoms with Crippen LogP contribution in [-0.4, -0.2) is 36.4 Å². The van der Waals surface area contributed by atoms with Crippen molar-refractivity contribution < 1.29 is 14.3 Å². The summed E-state index contributed by atoms with van der Waals surface area (Å²) in [7, 11) is 1.53. The average Bonchev–Trinajstić information content (AvgIpc) is 2.65. The van der Waals surface area contributed by atoms with Gasteiger partial charge in [0.2, 0.25) is 5.91 Å². The predicted octanol–water partition coefficient (Wildman–Crippen LogP) is 3.54. The van der Waals surface area contributed by atoms with E-state index in [1.807, 2.05) is 18.2 Å².